The van der Waals surface area contributed by atoms with Crippen LogP contribution in [0.25, 0.3) is 11.6 Å². The summed E-state index contributed by atoms with van der Waals surface area (Å²) in [6.07, 6.45) is 7.10. The van der Waals surface area contributed by atoms with E-state index in [0.717, 1.165) is 28.0 Å². The number of hydrogen-bond acceptors (Lipinski definition) is 6. The molecule has 1 N–H and O–H groups in total. The van der Waals surface area contributed by atoms with Crippen molar-refractivity contribution in [3.63, 3.8) is 0 Å². The number of pyridine rings is 1. The van der Waals surface area contributed by atoms with Crippen molar-refractivity contribution in [1.29, 1.82) is 0 Å². The van der Waals surface area contributed by atoms with E-state index < -0.39 is 5.97 Å². The number of carbonyl (C=O) groups excluding carboxylic acids is 2. The van der Waals surface area contributed by atoms with Crippen LogP contribution in [0.15, 0.2) is 73.2 Å². The van der Waals surface area contributed by atoms with Gasteiger partial charge >= 0.3 is 5.97 Å². The van der Waals surface area contributed by atoms with Crippen molar-refractivity contribution in [3.8, 4) is 17.2 Å². The maximum atomic E-state index is 14.4. The van der Waals surface area contributed by atoms with Crippen LogP contribution in [-0.4, -0.2) is 35.6 Å². The number of methoxy groups -OCH3 is 2. The molecule has 0 bridgehead atoms. The highest BCUT2D eigenvalue weighted by Gasteiger charge is 2.35. The molecule has 5 rings (SSSR count). The standard InChI is InChI=1S/C33H32FN3O5/c1-20-26(13-21-14-29(40-3)32(30(15-21)41-4)42-33(39)22-7-5-11-35-18-22)25-10-9-23(34)16-28(25)27(20)17-31(38)36-19-24-8-6-12-37(24)2/h5-16,18,20,27H,17,19H2,1-4H3,(H,36,38)/b26-13-. The first-order chi connectivity index (χ1) is 20.3. The summed E-state index contributed by atoms with van der Waals surface area (Å²) in [5, 5.41) is 3.00. The molecule has 0 aliphatic heterocycles. The van der Waals surface area contributed by atoms with Crippen LogP contribution in [-0.2, 0) is 18.4 Å². The summed E-state index contributed by atoms with van der Waals surface area (Å²) in [6, 6.07) is 15.3. The third-order valence-electron chi connectivity index (χ3n) is 7.64. The largest absolute Gasteiger partial charge is 0.493 e. The molecule has 0 spiro atoms. The Balaban J connectivity index is 1.43. The van der Waals surface area contributed by atoms with Gasteiger partial charge in [0.05, 0.1) is 26.3 Å². The highest BCUT2D eigenvalue weighted by molar-refractivity contribution is 5.92. The summed E-state index contributed by atoms with van der Waals surface area (Å²) in [4.78, 5) is 29.7. The number of benzene rings is 2. The number of aryl methyl sites for hydroxylation is 1. The fraction of sp³-hybridized carbons (Fsp3) is 0.242. The maximum absolute atomic E-state index is 14.4. The summed E-state index contributed by atoms with van der Waals surface area (Å²) < 4.78 is 33.1. The van der Waals surface area contributed by atoms with Crippen molar-refractivity contribution in [1.82, 2.24) is 14.9 Å². The van der Waals surface area contributed by atoms with Gasteiger partial charge in [-0.3, -0.25) is 9.78 Å². The minimum Gasteiger partial charge on any atom is -0.493 e. The number of rotatable bonds is 9. The first kappa shape index (κ1) is 28.6. The van der Waals surface area contributed by atoms with Crippen LogP contribution in [0.2, 0.25) is 0 Å². The van der Waals surface area contributed by atoms with E-state index in [0.29, 0.717) is 18.0 Å². The van der Waals surface area contributed by atoms with Crippen molar-refractivity contribution in [2.45, 2.75) is 25.8 Å². The number of nitrogens with zero attached hydrogens (tertiary/aromatic N) is 2. The highest BCUT2D eigenvalue weighted by Crippen LogP contribution is 2.49. The van der Waals surface area contributed by atoms with E-state index in [-0.39, 0.29) is 41.3 Å². The molecule has 1 aliphatic rings. The molecule has 1 aliphatic carbocycles. The zero-order chi connectivity index (χ0) is 29.8. The Morgan fingerprint density at radius 2 is 1.83 bits per heavy atom. The topological polar surface area (TPSA) is 91.7 Å². The van der Waals surface area contributed by atoms with E-state index in [9.17, 15) is 14.0 Å². The van der Waals surface area contributed by atoms with Crippen molar-refractivity contribution >= 4 is 23.5 Å². The number of halogens is 1. The van der Waals surface area contributed by atoms with Gasteiger partial charge < -0.3 is 24.1 Å². The number of aromatic nitrogens is 2. The van der Waals surface area contributed by atoms with Gasteiger partial charge in [0.1, 0.15) is 5.82 Å². The van der Waals surface area contributed by atoms with Crippen LogP contribution in [0.3, 0.4) is 0 Å². The molecule has 2 unspecified atom stereocenters. The minimum absolute atomic E-state index is 0.0809. The van der Waals surface area contributed by atoms with E-state index in [4.69, 9.17) is 14.2 Å². The molecule has 0 saturated carbocycles. The lowest BCUT2D eigenvalue weighted by Gasteiger charge is -2.18. The second-order valence-electron chi connectivity index (χ2n) is 10.2. The average Bonchev–Trinajstić information content (AvgIpc) is 3.52. The van der Waals surface area contributed by atoms with Crippen LogP contribution >= 0.6 is 0 Å². The van der Waals surface area contributed by atoms with Crippen molar-refractivity contribution in [3.05, 3.63) is 107 Å². The second-order valence-corrected chi connectivity index (χ2v) is 10.2. The number of allylic oxidation sites excluding steroid dienone is 1. The van der Waals surface area contributed by atoms with E-state index in [1.807, 2.05) is 42.9 Å². The van der Waals surface area contributed by atoms with Crippen molar-refractivity contribution < 1.29 is 28.2 Å². The number of hydrogen-bond donors (Lipinski definition) is 1. The lowest BCUT2D eigenvalue weighted by molar-refractivity contribution is -0.121. The van der Waals surface area contributed by atoms with E-state index in [2.05, 4.69) is 10.3 Å². The molecule has 1 amide bonds. The maximum Gasteiger partial charge on any atom is 0.345 e. The zero-order valence-electron chi connectivity index (χ0n) is 23.9. The molecule has 2 heterocycles. The third kappa shape index (κ3) is 5.90. The average molecular weight is 570 g/mol. The summed E-state index contributed by atoms with van der Waals surface area (Å²) in [5.74, 6) is -0.584. The molecule has 2 aromatic carbocycles. The highest BCUT2D eigenvalue weighted by atomic mass is 19.1. The smallest absolute Gasteiger partial charge is 0.345 e. The molecular formula is C33H32FN3O5. The van der Waals surface area contributed by atoms with Crippen LogP contribution < -0.4 is 19.5 Å². The van der Waals surface area contributed by atoms with Gasteiger partial charge in [0.2, 0.25) is 11.7 Å². The Hall–Kier alpha value is -4.92. The van der Waals surface area contributed by atoms with Gasteiger partial charge in [0, 0.05) is 37.8 Å². The fourth-order valence-corrected chi connectivity index (χ4v) is 5.37. The van der Waals surface area contributed by atoms with Crippen LogP contribution in [0, 0.1) is 11.7 Å². The Morgan fingerprint density at radius 1 is 1.07 bits per heavy atom. The number of ether oxygens (including phenoxy) is 3. The quantitative estimate of drug-likeness (QED) is 0.203. The Bertz CT molecular complexity index is 1620. The van der Waals surface area contributed by atoms with Gasteiger partial charge in [-0.1, -0.05) is 19.1 Å². The predicted molar refractivity (Wildman–Crippen MR) is 157 cm³/mol. The van der Waals surface area contributed by atoms with Gasteiger partial charge in [-0.05, 0) is 82.6 Å². The normalized spacial score (nSPS) is 16.6. The van der Waals surface area contributed by atoms with Crippen LogP contribution in [0.4, 0.5) is 4.39 Å². The molecule has 0 fully saturated rings. The molecule has 8 nitrogen and oxygen atoms in total. The lowest BCUT2D eigenvalue weighted by atomic mass is 9.88. The van der Waals surface area contributed by atoms with Crippen LogP contribution in [0.1, 0.15) is 52.0 Å². The monoisotopic (exact) mass is 569 g/mol. The summed E-state index contributed by atoms with van der Waals surface area (Å²) in [6.45, 7) is 2.46. The Kier molecular flexibility index (Phi) is 8.38. The van der Waals surface area contributed by atoms with Gasteiger partial charge in [0.15, 0.2) is 11.5 Å². The van der Waals surface area contributed by atoms with Crippen molar-refractivity contribution in [2.75, 3.05) is 14.2 Å². The fourth-order valence-electron chi connectivity index (χ4n) is 5.37. The molecule has 216 valence electrons. The number of amides is 1. The van der Waals surface area contributed by atoms with Gasteiger partial charge in [-0.2, -0.15) is 0 Å². The number of carbonyl (C=O) groups is 2. The SMILES string of the molecule is COc1cc(/C=C2\c3ccc(F)cc3C(CC(=O)NCc3cccn3C)C2C)cc(OC)c1OC(=O)c1cccnc1. The molecule has 42 heavy (non-hydrogen) atoms. The molecule has 4 aromatic rings. The van der Waals surface area contributed by atoms with Crippen molar-refractivity contribution in [2.24, 2.45) is 13.0 Å². The molecule has 2 aromatic heterocycles. The Labute approximate surface area is 243 Å². The number of nitrogens with one attached hydrogen (secondary N) is 1. The first-order valence-corrected chi connectivity index (χ1v) is 13.6. The van der Waals surface area contributed by atoms with Gasteiger partial charge in [0.25, 0.3) is 0 Å². The summed E-state index contributed by atoms with van der Waals surface area (Å²) in [5.41, 5.74) is 4.64. The molecule has 2 atom stereocenters. The van der Waals surface area contributed by atoms with Crippen LogP contribution in [0.5, 0.6) is 17.2 Å². The number of esters is 1. The zero-order valence-corrected chi connectivity index (χ0v) is 23.9. The van der Waals surface area contributed by atoms with E-state index in [1.54, 1.807) is 36.5 Å². The minimum atomic E-state index is -0.598. The summed E-state index contributed by atoms with van der Waals surface area (Å²) in [7, 11) is 4.89. The third-order valence-corrected chi connectivity index (χ3v) is 7.64. The summed E-state index contributed by atoms with van der Waals surface area (Å²) >= 11 is 0. The van der Waals surface area contributed by atoms with Gasteiger partial charge in [-0.15, -0.1) is 0 Å². The second kappa shape index (κ2) is 12.3. The van der Waals surface area contributed by atoms with E-state index in [1.165, 1.54) is 32.5 Å². The lowest BCUT2D eigenvalue weighted by Crippen LogP contribution is -2.26. The predicted octanol–water partition coefficient (Wildman–Crippen LogP) is 5.78. The number of fused-ring (bicyclic) bond motifs is 1. The molecule has 0 radical (unpaired) electrons. The molecule has 9 heteroatoms. The van der Waals surface area contributed by atoms with E-state index >= 15 is 0 Å². The van der Waals surface area contributed by atoms with Gasteiger partial charge in [-0.25, -0.2) is 9.18 Å². The molecule has 0 saturated heterocycles. The first-order valence-electron chi connectivity index (χ1n) is 13.6. The molecular weight excluding hydrogens is 537 g/mol. The Morgan fingerprint density at radius 3 is 2.48 bits per heavy atom.